The highest BCUT2D eigenvalue weighted by molar-refractivity contribution is 6.30. The van der Waals surface area contributed by atoms with E-state index >= 15 is 0 Å². The molecule has 2 aliphatic rings. The van der Waals surface area contributed by atoms with Crippen molar-refractivity contribution >= 4 is 29.2 Å². The Morgan fingerprint density at radius 3 is 2.67 bits per heavy atom. The summed E-state index contributed by atoms with van der Waals surface area (Å²) in [6, 6.07) is 7.68. The molecule has 3 rings (SSSR count). The van der Waals surface area contributed by atoms with Gasteiger partial charge in [-0.15, -0.1) is 0 Å². The first-order valence-electron chi connectivity index (χ1n) is 11.3. The molecule has 30 heavy (non-hydrogen) atoms. The second kappa shape index (κ2) is 11.6. The van der Waals surface area contributed by atoms with Gasteiger partial charge in [0.25, 0.3) is 0 Å². The average Bonchev–Trinajstić information content (AvgIpc) is 2.75. The Labute approximate surface area is 185 Å². The molecule has 2 atom stereocenters. The molecule has 0 aromatic heterocycles. The van der Waals surface area contributed by atoms with Crippen LogP contribution in [-0.4, -0.2) is 60.5 Å². The monoisotopic (exact) mass is 434 g/mol. The van der Waals surface area contributed by atoms with E-state index in [9.17, 15) is 9.59 Å². The molecule has 2 unspecified atom stereocenters. The molecule has 2 heterocycles. The van der Waals surface area contributed by atoms with Crippen molar-refractivity contribution in [2.45, 2.75) is 57.9 Å². The third kappa shape index (κ3) is 7.17. The maximum absolute atomic E-state index is 12.6. The summed E-state index contributed by atoms with van der Waals surface area (Å²) >= 11 is 5.90. The lowest BCUT2D eigenvalue weighted by atomic mass is 9.93. The number of amides is 3. The fourth-order valence-corrected chi connectivity index (χ4v) is 4.60. The molecule has 2 N–H and O–H groups in total. The lowest BCUT2D eigenvalue weighted by molar-refractivity contribution is -0.121. The van der Waals surface area contributed by atoms with Gasteiger partial charge in [0.1, 0.15) is 0 Å². The van der Waals surface area contributed by atoms with Gasteiger partial charge in [-0.3, -0.25) is 9.69 Å². The Hall–Kier alpha value is -1.79. The van der Waals surface area contributed by atoms with Crippen molar-refractivity contribution in [3.63, 3.8) is 0 Å². The zero-order valence-electron chi connectivity index (χ0n) is 18.0. The van der Waals surface area contributed by atoms with Crippen LogP contribution in [0, 0.1) is 5.92 Å². The summed E-state index contributed by atoms with van der Waals surface area (Å²) in [5.41, 5.74) is 0.744. The minimum Gasteiger partial charge on any atom is -0.355 e. The number of nitrogens with one attached hydrogen (secondary N) is 2. The first-order chi connectivity index (χ1) is 14.5. The van der Waals surface area contributed by atoms with E-state index in [1.807, 2.05) is 4.90 Å². The number of carbonyl (C=O) groups excluding carboxylic acids is 2. The van der Waals surface area contributed by atoms with E-state index < -0.39 is 0 Å². The smallest absolute Gasteiger partial charge is 0.321 e. The predicted octanol–water partition coefficient (Wildman–Crippen LogP) is 4.35. The zero-order valence-corrected chi connectivity index (χ0v) is 18.8. The molecule has 0 saturated carbocycles. The Kier molecular flexibility index (Phi) is 8.82. The van der Waals surface area contributed by atoms with Gasteiger partial charge in [0.15, 0.2) is 0 Å². The van der Waals surface area contributed by atoms with Crippen molar-refractivity contribution in [3.8, 4) is 0 Å². The van der Waals surface area contributed by atoms with Gasteiger partial charge < -0.3 is 15.5 Å². The molecule has 0 aliphatic carbocycles. The maximum atomic E-state index is 12.6. The lowest BCUT2D eigenvalue weighted by Gasteiger charge is -2.33. The van der Waals surface area contributed by atoms with E-state index in [2.05, 4.69) is 22.5 Å². The van der Waals surface area contributed by atoms with Crippen molar-refractivity contribution in [3.05, 3.63) is 29.3 Å². The number of likely N-dealkylation sites (tertiary alicyclic amines) is 2. The number of rotatable bonds is 7. The fourth-order valence-electron chi connectivity index (χ4n) is 4.47. The van der Waals surface area contributed by atoms with Gasteiger partial charge in [-0.2, -0.15) is 0 Å². The number of nitrogens with zero attached hydrogens (tertiary/aromatic N) is 2. The molecule has 1 aromatic rings. The molecule has 1 aromatic carbocycles. The van der Waals surface area contributed by atoms with Crippen molar-refractivity contribution in [2.24, 2.45) is 5.92 Å². The molecule has 0 spiro atoms. The fraction of sp³-hybridized carbons (Fsp3) is 0.652. The SMILES string of the molecule is CC1CCCCN1CCNC(=O)CCC1CCCN(C(=O)Nc2ccc(Cl)cc2)C1. The summed E-state index contributed by atoms with van der Waals surface area (Å²) in [6.07, 6.45) is 7.26. The zero-order chi connectivity index (χ0) is 21.3. The number of urea groups is 1. The van der Waals surface area contributed by atoms with Gasteiger partial charge in [-0.1, -0.05) is 18.0 Å². The Morgan fingerprint density at radius 2 is 1.90 bits per heavy atom. The molecule has 166 valence electrons. The first kappa shape index (κ1) is 22.9. The third-order valence-electron chi connectivity index (χ3n) is 6.34. The van der Waals surface area contributed by atoms with Gasteiger partial charge in [0.05, 0.1) is 0 Å². The van der Waals surface area contributed by atoms with Crippen molar-refractivity contribution in [2.75, 3.05) is 38.0 Å². The minimum atomic E-state index is -0.0814. The number of carbonyl (C=O) groups is 2. The number of benzene rings is 1. The average molecular weight is 435 g/mol. The summed E-state index contributed by atoms with van der Waals surface area (Å²) in [4.78, 5) is 29.1. The normalized spacial score (nSPS) is 22.5. The molecular formula is C23H35ClN4O2. The summed E-state index contributed by atoms with van der Waals surface area (Å²) in [7, 11) is 0. The van der Waals surface area contributed by atoms with E-state index in [0.717, 1.165) is 51.1 Å². The summed E-state index contributed by atoms with van der Waals surface area (Å²) in [5, 5.41) is 6.66. The van der Waals surface area contributed by atoms with Crippen LogP contribution in [0.15, 0.2) is 24.3 Å². The highest BCUT2D eigenvalue weighted by atomic mass is 35.5. The maximum Gasteiger partial charge on any atom is 0.321 e. The minimum absolute atomic E-state index is 0.0814. The van der Waals surface area contributed by atoms with E-state index in [1.54, 1.807) is 24.3 Å². The number of piperidine rings is 2. The molecule has 0 radical (unpaired) electrons. The van der Waals surface area contributed by atoms with Crippen LogP contribution in [0.2, 0.25) is 5.02 Å². The van der Waals surface area contributed by atoms with Crippen LogP contribution in [0.5, 0.6) is 0 Å². The molecule has 2 fully saturated rings. The van der Waals surface area contributed by atoms with Crippen LogP contribution in [0.1, 0.15) is 51.9 Å². The van der Waals surface area contributed by atoms with E-state index in [1.165, 1.54) is 19.3 Å². The van der Waals surface area contributed by atoms with Crippen LogP contribution in [0.4, 0.5) is 10.5 Å². The Balaban J connectivity index is 1.34. The summed E-state index contributed by atoms with van der Waals surface area (Å²) in [5.74, 6) is 0.505. The van der Waals surface area contributed by atoms with Crippen molar-refractivity contribution < 1.29 is 9.59 Å². The number of hydrogen-bond acceptors (Lipinski definition) is 3. The molecular weight excluding hydrogens is 400 g/mol. The van der Waals surface area contributed by atoms with Crippen LogP contribution in [-0.2, 0) is 4.79 Å². The van der Waals surface area contributed by atoms with Crippen LogP contribution < -0.4 is 10.6 Å². The van der Waals surface area contributed by atoms with Gasteiger partial charge in [0, 0.05) is 49.4 Å². The van der Waals surface area contributed by atoms with Gasteiger partial charge in [-0.25, -0.2) is 4.79 Å². The highest BCUT2D eigenvalue weighted by Gasteiger charge is 2.24. The van der Waals surface area contributed by atoms with Crippen molar-refractivity contribution in [1.29, 1.82) is 0 Å². The van der Waals surface area contributed by atoms with Gasteiger partial charge >= 0.3 is 6.03 Å². The van der Waals surface area contributed by atoms with Gasteiger partial charge in [-0.05, 0) is 75.8 Å². The molecule has 0 bridgehead atoms. The molecule has 7 heteroatoms. The van der Waals surface area contributed by atoms with Crippen molar-refractivity contribution in [1.82, 2.24) is 15.1 Å². The van der Waals surface area contributed by atoms with E-state index in [-0.39, 0.29) is 11.9 Å². The van der Waals surface area contributed by atoms with Crippen LogP contribution in [0.25, 0.3) is 0 Å². The molecule has 2 aliphatic heterocycles. The Bertz CT molecular complexity index is 697. The van der Waals surface area contributed by atoms with Crippen LogP contribution in [0.3, 0.4) is 0 Å². The lowest BCUT2D eigenvalue weighted by Crippen LogP contribution is -2.43. The second-order valence-corrected chi connectivity index (χ2v) is 9.10. The molecule has 6 nitrogen and oxygen atoms in total. The molecule has 2 saturated heterocycles. The quantitative estimate of drug-likeness (QED) is 0.670. The third-order valence-corrected chi connectivity index (χ3v) is 6.60. The summed E-state index contributed by atoms with van der Waals surface area (Å²) < 4.78 is 0. The predicted molar refractivity (Wildman–Crippen MR) is 122 cm³/mol. The molecule has 3 amide bonds. The number of halogens is 1. The standard InChI is InChI=1S/C23H35ClN4O2/c1-18-5-2-3-14-27(18)16-13-25-22(29)12-7-19-6-4-15-28(17-19)23(30)26-21-10-8-20(24)9-11-21/h8-11,18-19H,2-7,12-17H2,1H3,(H,25,29)(H,26,30). The number of hydrogen-bond donors (Lipinski definition) is 2. The largest absolute Gasteiger partial charge is 0.355 e. The first-order valence-corrected chi connectivity index (χ1v) is 11.7. The topological polar surface area (TPSA) is 64.7 Å². The van der Waals surface area contributed by atoms with Crippen LogP contribution >= 0.6 is 11.6 Å². The summed E-state index contributed by atoms with van der Waals surface area (Å²) in [6.45, 7) is 6.55. The number of anilines is 1. The van der Waals surface area contributed by atoms with E-state index in [0.29, 0.717) is 29.9 Å². The van der Waals surface area contributed by atoms with E-state index in [4.69, 9.17) is 11.6 Å². The van der Waals surface area contributed by atoms with Gasteiger partial charge in [0.2, 0.25) is 5.91 Å². The second-order valence-electron chi connectivity index (χ2n) is 8.66. The Morgan fingerprint density at radius 1 is 1.10 bits per heavy atom. The highest BCUT2D eigenvalue weighted by Crippen LogP contribution is 2.22.